The molecule has 0 spiro atoms. The average molecular weight is 369 g/mol. The number of nitrogens with one attached hydrogen (secondary N) is 1. The Bertz CT molecular complexity index is 798. The van der Waals surface area contributed by atoms with E-state index >= 15 is 0 Å². The summed E-state index contributed by atoms with van der Waals surface area (Å²) in [5, 5.41) is 2.61. The minimum absolute atomic E-state index is 0.389. The zero-order valence-corrected chi connectivity index (χ0v) is 15.5. The Kier molecular flexibility index (Phi) is 7.55. The molecule has 0 aliphatic heterocycles. The molecule has 0 radical (unpaired) electrons. The number of amides is 1. The van der Waals surface area contributed by atoms with Crippen molar-refractivity contribution in [1.82, 2.24) is 0 Å². The first-order valence-electron chi connectivity index (χ1n) is 8.81. The van der Waals surface area contributed by atoms with Crippen LogP contribution in [-0.4, -0.2) is 31.1 Å². The van der Waals surface area contributed by atoms with Crippen LogP contribution >= 0.6 is 0 Å². The number of unbranched alkanes of at least 4 members (excludes halogenated alkanes) is 1. The number of carbonyl (C=O) groups excluding carboxylic acids is 3. The summed E-state index contributed by atoms with van der Waals surface area (Å²) >= 11 is 0. The van der Waals surface area contributed by atoms with Crippen molar-refractivity contribution in [2.45, 2.75) is 26.7 Å². The third-order valence-corrected chi connectivity index (χ3v) is 3.83. The summed E-state index contributed by atoms with van der Waals surface area (Å²) in [6.45, 7) is 3.81. The van der Waals surface area contributed by atoms with E-state index in [2.05, 4.69) is 5.32 Å². The summed E-state index contributed by atoms with van der Waals surface area (Å²) in [6, 6.07) is 13.3. The summed E-state index contributed by atoms with van der Waals surface area (Å²) in [7, 11) is 0. The molecule has 0 saturated carbocycles. The Balaban J connectivity index is 1.82. The fraction of sp³-hybridized carbons (Fsp3) is 0.286. The lowest BCUT2D eigenvalue weighted by Crippen LogP contribution is -2.21. The van der Waals surface area contributed by atoms with E-state index in [0.717, 1.165) is 18.4 Å². The van der Waals surface area contributed by atoms with Crippen molar-refractivity contribution in [2.24, 2.45) is 0 Å². The molecular weight excluding hydrogens is 346 g/mol. The number of esters is 2. The van der Waals surface area contributed by atoms with Gasteiger partial charge in [0.15, 0.2) is 6.61 Å². The molecule has 2 aromatic carbocycles. The van der Waals surface area contributed by atoms with Crippen molar-refractivity contribution in [3.63, 3.8) is 0 Å². The van der Waals surface area contributed by atoms with E-state index in [0.29, 0.717) is 23.4 Å². The highest BCUT2D eigenvalue weighted by molar-refractivity contribution is 5.96. The van der Waals surface area contributed by atoms with Crippen molar-refractivity contribution < 1.29 is 23.9 Å². The molecule has 0 saturated heterocycles. The van der Waals surface area contributed by atoms with Crippen LogP contribution in [0.15, 0.2) is 48.5 Å². The highest BCUT2D eigenvalue weighted by Crippen LogP contribution is 2.12. The zero-order chi connectivity index (χ0) is 19.6. The minimum atomic E-state index is -0.548. The molecule has 142 valence electrons. The van der Waals surface area contributed by atoms with Crippen LogP contribution in [0.4, 0.5) is 5.69 Å². The standard InChI is InChI=1S/C21H23NO5/c1-3-4-13-26-20(24)16-9-11-17(12-10-16)22-19(23)14-27-21(25)18-8-6-5-7-15(18)2/h5-12H,3-4,13-14H2,1-2H3,(H,22,23). The summed E-state index contributed by atoms with van der Waals surface area (Å²) in [6.07, 6.45) is 1.77. The molecule has 0 heterocycles. The first-order chi connectivity index (χ1) is 13.0. The second-order valence-corrected chi connectivity index (χ2v) is 6.01. The van der Waals surface area contributed by atoms with E-state index in [9.17, 15) is 14.4 Å². The molecule has 0 unspecified atom stereocenters. The van der Waals surface area contributed by atoms with Gasteiger partial charge in [-0.05, 0) is 49.2 Å². The van der Waals surface area contributed by atoms with Crippen LogP contribution in [0.5, 0.6) is 0 Å². The highest BCUT2D eigenvalue weighted by Gasteiger charge is 2.13. The van der Waals surface area contributed by atoms with Gasteiger partial charge in [-0.2, -0.15) is 0 Å². The quantitative estimate of drug-likeness (QED) is 0.566. The van der Waals surface area contributed by atoms with Gasteiger partial charge in [0.25, 0.3) is 5.91 Å². The van der Waals surface area contributed by atoms with Gasteiger partial charge in [0.1, 0.15) is 0 Å². The Labute approximate surface area is 158 Å². The summed E-state index contributed by atoms with van der Waals surface area (Å²) in [5.74, 6) is -1.41. The largest absolute Gasteiger partial charge is 0.462 e. The number of anilines is 1. The Morgan fingerprint density at radius 3 is 2.30 bits per heavy atom. The van der Waals surface area contributed by atoms with Gasteiger partial charge in [0.2, 0.25) is 0 Å². The van der Waals surface area contributed by atoms with Gasteiger partial charge in [-0.15, -0.1) is 0 Å². The fourth-order valence-corrected chi connectivity index (χ4v) is 2.29. The maximum absolute atomic E-state index is 12.0. The maximum atomic E-state index is 12.0. The van der Waals surface area contributed by atoms with Crippen molar-refractivity contribution in [1.29, 1.82) is 0 Å². The summed E-state index contributed by atoms with van der Waals surface area (Å²) < 4.78 is 10.2. The van der Waals surface area contributed by atoms with E-state index in [1.807, 2.05) is 13.0 Å². The number of hydrogen-bond donors (Lipinski definition) is 1. The zero-order valence-electron chi connectivity index (χ0n) is 15.5. The number of aryl methyl sites for hydroxylation is 1. The topological polar surface area (TPSA) is 81.7 Å². The van der Waals surface area contributed by atoms with Crippen molar-refractivity contribution in [3.05, 3.63) is 65.2 Å². The molecule has 0 aliphatic carbocycles. The molecule has 0 aromatic heterocycles. The van der Waals surface area contributed by atoms with Crippen molar-refractivity contribution >= 4 is 23.5 Å². The molecule has 1 N–H and O–H groups in total. The Hall–Kier alpha value is -3.15. The van der Waals surface area contributed by atoms with Gasteiger partial charge in [0.05, 0.1) is 17.7 Å². The predicted octanol–water partition coefficient (Wildman–Crippen LogP) is 3.75. The van der Waals surface area contributed by atoms with Crippen LogP contribution in [0.3, 0.4) is 0 Å². The van der Waals surface area contributed by atoms with Crippen LogP contribution in [-0.2, 0) is 14.3 Å². The lowest BCUT2D eigenvalue weighted by molar-refractivity contribution is -0.119. The normalized spacial score (nSPS) is 10.1. The first-order valence-corrected chi connectivity index (χ1v) is 8.81. The molecule has 1 amide bonds. The Morgan fingerprint density at radius 1 is 0.926 bits per heavy atom. The van der Waals surface area contributed by atoms with Crippen LogP contribution in [0.25, 0.3) is 0 Å². The fourth-order valence-electron chi connectivity index (χ4n) is 2.29. The molecule has 2 rings (SSSR count). The second kappa shape index (κ2) is 10.1. The smallest absolute Gasteiger partial charge is 0.338 e. The molecule has 0 atom stereocenters. The lowest BCUT2D eigenvalue weighted by Gasteiger charge is -2.09. The van der Waals surface area contributed by atoms with Gasteiger partial charge in [0, 0.05) is 5.69 Å². The van der Waals surface area contributed by atoms with Crippen LogP contribution in [0, 0.1) is 6.92 Å². The van der Waals surface area contributed by atoms with Crippen LogP contribution in [0.1, 0.15) is 46.0 Å². The van der Waals surface area contributed by atoms with E-state index < -0.39 is 24.5 Å². The minimum Gasteiger partial charge on any atom is -0.462 e. The third kappa shape index (κ3) is 6.26. The molecule has 2 aromatic rings. The third-order valence-electron chi connectivity index (χ3n) is 3.83. The van der Waals surface area contributed by atoms with Crippen LogP contribution < -0.4 is 5.32 Å². The first kappa shape index (κ1) is 20.2. The SMILES string of the molecule is CCCCOC(=O)c1ccc(NC(=O)COC(=O)c2ccccc2C)cc1. The van der Waals surface area contributed by atoms with Crippen LogP contribution in [0.2, 0.25) is 0 Å². The van der Waals surface area contributed by atoms with E-state index in [-0.39, 0.29) is 0 Å². The predicted molar refractivity (Wildman–Crippen MR) is 102 cm³/mol. The number of hydrogen-bond acceptors (Lipinski definition) is 5. The molecule has 0 fully saturated rings. The molecule has 6 heteroatoms. The van der Waals surface area contributed by atoms with Crippen molar-refractivity contribution in [3.8, 4) is 0 Å². The number of rotatable bonds is 8. The van der Waals surface area contributed by atoms with E-state index in [4.69, 9.17) is 9.47 Å². The molecule has 27 heavy (non-hydrogen) atoms. The van der Waals surface area contributed by atoms with Gasteiger partial charge < -0.3 is 14.8 Å². The molecule has 0 aliphatic rings. The lowest BCUT2D eigenvalue weighted by atomic mass is 10.1. The van der Waals surface area contributed by atoms with Gasteiger partial charge in [-0.1, -0.05) is 31.5 Å². The van der Waals surface area contributed by atoms with Gasteiger partial charge in [-0.25, -0.2) is 9.59 Å². The number of carbonyl (C=O) groups is 3. The second-order valence-electron chi connectivity index (χ2n) is 6.01. The van der Waals surface area contributed by atoms with E-state index in [1.54, 1.807) is 49.4 Å². The van der Waals surface area contributed by atoms with Crippen molar-refractivity contribution in [2.75, 3.05) is 18.5 Å². The van der Waals surface area contributed by atoms with Gasteiger partial charge >= 0.3 is 11.9 Å². The molecular formula is C21H23NO5. The van der Waals surface area contributed by atoms with E-state index in [1.165, 1.54) is 0 Å². The number of benzene rings is 2. The molecule has 6 nitrogen and oxygen atoms in total. The average Bonchev–Trinajstić information content (AvgIpc) is 2.67. The highest BCUT2D eigenvalue weighted by atomic mass is 16.5. The summed E-state index contributed by atoms with van der Waals surface area (Å²) in [4.78, 5) is 35.8. The summed E-state index contributed by atoms with van der Waals surface area (Å²) in [5.41, 5.74) is 2.12. The maximum Gasteiger partial charge on any atom is 0.338 e. The Morgan fingerprint density at radius 2 is 1.63 bits per heavy atom. The monoisotopic (exact) mass is 369 g/mol. The van der Waals surface area contributed by atoms with Gasteiger partial charge in [-0.3, -0.25) is 4.79 Å². The molecule has 0 bridgehead atoms. The number of ether oxygens (including phenoxy) is 2.